The summed E-state index contributed by atoms with van der Waals surface area (Å²) in [5.41, 5.74) is 1.97. The molecule has 96 valence electrons. The van der Waals surface area contributed by atoms with E-state index in [9.17, 15) is 9.59 Å². The first-order chi connectivity index (χ1) is 8.52. The summed E-state index contributed by atoms with van der Waals surface area (Å²) in [7, 11) is 0. The lowest BCUT2D eigenvalue weighted by Crippen LogP contribution is -2.16. The van der Waals surface area contributed by atoms with Gasteiger partial charge in [-0.15, -0.1) is 0 Å². The van der Waals surface area contributed by atoms with Gasteiger partial charge in [0, 0.05) is 11.3 Å². The predicted molar refractivity (Wildman–Crippen MR) is 70.2 cm³/mol. The van der Waals surface area contributed by atoms with Gasteiger partial charge in [0.15, 0.2) is 0 Å². The Labute approximate surface area is 107 Å². The first kappa shape index (κ1) is 14.0. The molecule has 1 N–H and O–H groups in total. The third-order valence-corrected chi connectivity index (χ3v) is 2.27. The second-order valence-corrected chi connectivity index (χ2v) is 3.92. The topological polar surface area (TPSA) is 55.4 Å². The van der Waals surface area contributed by atoms with E-state index in [1.54, 1.807) is 19.1 Å². The fourth-order valence-corrected chi connectivity index (χ4v) is 1.34. The van der Waals surface area contributed by atoms with Crippen molar-refractivity contribution in [3.05, 3.63) is 42.0 Å². The second kappa shape index (κ2) is 6.59. The van der Waals surface area contributed by atoms with E-state index in [1.165, 1.54) is 0 Å². The standard InChI is InChI=1S/C14H17NO3/c1-4-18-14(17)11(3)9-13(16)15-12-7-5-10(2)6-8-12/h5-8H,3-4,9H2,1-2H3,(H,15,16). The Hall–Kier alpha value is -2.10. The van der Waals surface area contributed by atoms with Crippen LogP contribution >= 0.6 is 0 Å². The summed E-state index contributed by atoms with van der Waals surface area (Å²) in [4.78, 5) is 22.9. The zero-order chi connectivity index (χ0) is 13.5. The molecule has 0 atom stereocenters. The number of aryl methyl sites for hydroxylation is 1. The lowest BCUT2D eigenvalue weighted by Gasteiger charge is -2.07. The number of amides is 1. The van der Waals surface area contributed by atoms with Crippen LogP contribution in [0.4, 0.5) is 5.69 Å². The summed E-state index contributed by atoms with van der Waals surface area (Å²) < 4.78 is 4.75. The van der Waals surface area contributed by atoms with Crippen LogP contribution in [0, 0.1) is 6.92 Å². The molecule has 1 rings (SSSR count). The van der Waals surface area contributed by atoms with E-state index in [1.807, 2.05) is 19.1 Å². The van der Waals surface area contributed by atoms with E-state index in [4.69, 9.17) is 4.74 Å². The highest BCUT2D eigenvalue weighted by atomic mass is 16.5. The summed E-state index contributed by atoms with van der Waals surface area (Å²) in [6, 6.07) is 7.41. The van der Waals surface area contributed by atoms with Gasteiger partial charge in [-0.05, 0) is 26.0 Å². The fraction of sp³-hybridized carbons (Fsp3) is 0.286. The number of ether oxygens (including phenoxy) is 1. The molecule has 0 fully saturated rings. The van der Waals surface area contributed by atoms with Gasteiger partial charge in [-0.1, -0.05) is 24.3 Å². The van der Waals surface area contributed by atoms with Crippen molar-refractivity contribution in [1.29, 1.82) is 0 Å². The SMILES string of the molecule is C=C(CC(=O)Nc1ccc(C)cc1)C(=O)OCC. The number of esters is 1. The van der Waals surface area contributed by atoms with Crippen molar-refractivity contribution in [2.75, 3.05) is 11.9 Å². The Kier molecular flexibility index (Phi) is 5.11. The van der Waals surface area contributed by atoms with Crippen molar-refractivity contribution in [3.63, 3.8) is 0 Å². The molecule has 1 aromatic rings. The Morgan fingerprint density at radius 2 is 1.89 bits per heavy atom. The number of carbonyl (C=O) groups excluding carboxylic acids is 2. The summed E-state index contributed by atoms with van der Waals surface area (Å²) in [5, 5.41) is 2.69. The van der Waals surface area contributed by atoms with Crippen LogP contribution in [0.2, 0.25) is 0 Å². The molecule has 0 aromatic heterocycles. The maximum Gasteiger partial charge on any atom is 0.333 e. The average molecular weight is 247 g/mol. The first-order valence-electron chi connectivity index (χ1n) is 5.74. The van der Waals surface area contributed by atoms with Crippen LogP contribution in [-0.2, 0) is 14.3 Å². The van der Waals surface area contributed by atoms with Crippen molar-refractivity contribution in [2.45, 2.75) is 20.3 Å². The average Bonchev–Trinajstić information content (AvgIpc) is 2.32. The molecule has 4 heteroatoms. The monoisotopic (exact) mass is 247 g/mol. The number of anilines is 1. The number of hydrogen-bond acceptors (Lipinski definition) is 3. The van der Waals surface area contributed by atoms with Crippen molar-refractivity contribution in [3.8, 4) is 0 Å². The number of nitrogens with one attached hydrogen (secondary N) is 1. The molecule has 0 aliphatic rings. The molecular weight excluding hydrogens is 230 g/mol. The van der Waals surface area contributed by atoms with Crippen molar-refractivity contribution in [2.24, 2.45) is 0 Å². The smallest absolute Gasteiger partial charge is 0.333 e. The van der Waals surface area contributed by atoms with Crippen LogP contribution in [0.3, 0.4) is 0 Å². The minimum Gasteiger partial charge on any atom is -0.463 e. The van der Waals surface area contributed by atoms with Gasteiger partial charge in [-0.3, -0.25) is 4.79 Å². The number of rotatable bonds is 5. The molecule has 0 radical (unpaired) electrons. The van der Waals surface area contributed by atoms with E-state index in [-0.39, 0.29) is 24.5 Å². The Morgan fingerprint density at radius 3 is 2.44 bits per heavy atom. The molecule has 0 spiro atoms. The number of hydrogen-bond donors (Lipinski definition) is 1. The van der Waals surface area contributed by atoms with Gasteiger partial charge in [-0.2, -0.15) is 0 Å². The van der Waals surface area contributed by atoms with Crippen LogP contribution in [0.5, 0.6) is 0 Å². The van der Waals surface area contributed by atoms with Crippen LogP contribution in [0.25, 0.3) is 0 Å². The van der Waals surface area contributed by atoms with Gasteiger partial charge in [0.05, 0.1) is 13.0 Å². The van der Waals surface area contributed by atoms with Crippen molar-refractivity contribution in [1.82, 2.24) is 0 Å². The van der Waals surface area contributed by atoms with Crippen LogP contribution in [0.1, 0.15) is 18.9 Å². The minimum absolute atomic E-state index is 0.0628. The lowest BCUT2D eigenvalue weighted by molar-refractivity contribution is -0.139. The van der Waals surface area contributed by atoms with Crippen molar-refractivity contribution >= 4 is 17.6 Å². The van der Waals surface area contributed by atoms with Gasteiger partial charge in [0.25, 0.3) is 0 Å². The van der Waals surface area contributed by atoms with Crippen LogP contribution in [-0.4, -0.2) is 18.5 Å². The maximum absolute atomic E-state index is 11.6. The largest absolute Gasteiger partial charge is 0.463 e. The predicted octanol–water partition coefficient (Wildman–Crippen LogP) is 2.44. The Morgan fingerprint density at radius 1 is 1.28 bits per heavy atom. The van der Waals surface area contributed by atoms with Gasteiger partial charge < -0.3 is 10.1 Å². The molecule has 18 heavy (non-hydrogen) atoms. The Bertz CT molecular complexity index is 449. The molecule has 0 saturated heterocycles. The molecule has 0 bridgehead atoms. The molecular formula is C14H17NO3. The first-order valence-corrected chi connectivity index (χ1v) is 5.74. The molecule has 0 aliphatic heterocycles. The van der Waals surface area contributed by atoms with Gasteiger partial charge >= 0.3 is 5.97 Å². The van der Waals surface area contributed by atoms with E-state index < -0.39 is 5.97 Å². The quantitative estimate of drug-likeness (QED) is 0.642. The van der Waals surface area contributed by atoms with Gasteiger partial charge in [0.1, 0.15) is 0 Å². The summed E-state index contributed by atoms with van der Waals surface area (Å²) >= 11 is 0. The van der Waals surface area contributed by atoms with Gasteiger partial charge in [0.2, 0.25) is 5.91 Å². The highest BCUT2D eigenvalue weighted by Gasteiger charge is 2.12. The normalized spacial score (nSPS) is 9.67. The summed E-state index contributed by atoms with van der Waals surface area (Å²) in [5.74, 6) is -0.812. The fourth-order valence-electron chi connectivity index (χ4n) is 1.34. The molecule has 1 aromatic carbocycles. The molecule has 0 unspecified atom stereocenters. The third-order valence-electron chi connectivity index (χ3n) is 2.27. The van der Waals surface area contributed by atoms with Gasteiger partial charge in [-0.25, -0.2) is 4.79 Å². The lowest BCUT2D eigenvalue weighted by atomic mass is 10.2. The summed E-state index contributed by atoms with van der Waals surface area (Å²) in [6.07, 6.45) is -0.0628. The molecule has 1 amide bonds. The molecule has 0 aliphatic carbocycles. The third kappa shape index (κ3) is 4.41. The van der Waals surface area contributed by atoms with E-state index >= 15 is 0 Å². The zero-order valence-electron chi connectivity index (χ0n) is 10.7. The summed E-state index contributed by atoms with van der Waals surface area (Å²) in [6.45, 7) is 7.48. The molecule has 0 saturated carbocycles. The highest BCUT2D eigenvalue weighted by molar-refractivity contribution is 5.99. The van der Waals surface area contributed by atoms with Crippen molar-refractivity contribution < 1.29 is 14.3 Å². The molecule has 4 nitrogen and oxygen atoms in total. The Balaban J connectivity index is 2.49. The van der Waals surface area contributed by atoms with Crippen LogP contribution in [0.15, 0.2) is 36.4 Å². The zero-order valence-corrected chi connectivity index (χ0v) is 10.7. The molecule has 0 heterocycles. The van der Waals surface area contributed by atoms with E-state index in [2.05, 4.69) is 11.9 Å². The highest BCUT2D eigenvalue weighted by Crippen LogP contribution is 2.10. The van der Waals surface area contributed by atoms with Crippen LogP contribution < -0.4 is 5.32 Å². The number of benzene rings is 1. The maximum atomic E-state index is 11.6. The van der Waals surface area contributed by atoms with E-state index in [0.29, 0.717) is 5.69 Å². The number of carbonyl (C=O) groups is 2. The van der Waals surface area contributed by atoms with E-state index in [0.717, 1.165) is 5.56 Å². The minimum atomic E-state index is -0.531. The second-order valence-electron chi connectivity index (χ2n) is 3.92.